The zero-order valence-electron chi connectivity index (χ0n) is 17.9. The number of pyridine rings is 1. The van der Waals surface area contributed by atoms with Gasteiger partial charge in [0.1, 0.15) is 11.3 Å². The SMILES string of the molecule is CC[S+]([O-])c1c(-c2nc3cc(C(F)(F)F)cnc3n2C)nc(-n2cc(Br)c(C3CC3)n2)n1C. The standard InChI is InChI=1S/C20H19BrF3N7OS/c1-4-33(32)18-15(17-26-13-7-11(20(22,23)24)8-25-16(13)29(17)2)27-19(30(18)3)31-9-12(21)14(28-31)10-5-6-10/h7-10H,4-6H2,1-3H3. The third kappa shape index (κ3) is 3.75. The number of imidazole rings is 2. The molecule has 4 heterocycles. The van der Waals surface area contributed by atoms with Gasteiger partial charge in [-0.05, 0) is 41.8 Å². The zero-order valence-corrected chi connectivity index (χ0v) is 20.3. The Bertz CT molecular complexity index is 1370. The Hall–Kier alpha value is -2.38. The fourth-order valence-electron chi connectivity index (χ4n) is 3.77. The van der Waals surface area contributed by atoms with Crippen LogP contribution in [-0.4, -0.2) is 44.2 Å². The molecule has 0 amide bonds. The molecule has 13 heteroatoms. The monoisotopic (exact) mass is 541 g/mol. The maximum absolute atomic E-state index is 13.2. The van der Waals surface area contributed by atoms with E-state index in [1.54, 1.807) is 34.8 Å². The molecule has 1 unspecified atom stereocenters. The van der Waals surface area contributed by atoms with Gasteiger partial charge in [0.25, 0.3) is 5.03 Å². The molecule has 0 saturated heterocycles. The minimum absolute atomic E-state index is 0.0839. The topological polar surface area (TPSA) is 89.4 Å². The molecule has 0 aromatic carbocycles. The molecule has 8 nitrogen and oxygen atoms in total. The van der Waals surface area contributed by atoms with Gasteiger partial charge in [-0.3, -0.25) is 4.57 Å². The lowest BCUT2D eigenvalue weighted by Crippen LogP contribution is -2.13. The first kappa shape index (κ1) is 22.4. The van der Waals surface area contributed by atoms with Gasteiger partial charge in [-0.25, -0.2) is 19.6 Å². The summed E-state index contributed by atoms with van der Waals surface area (Å²) < 4.78 is 58.2. The van der Waals surface area contributed by atoms with Crippen molar-refractivity contribution in [2.45, 2.75) is 36.9 Å². The highest BCUT2D eigenvalue weighted by atomic mass is 79.9. The molecule has 0 N–H and O–H groups in total. The molecule has 0 bridgehead atoms. The quantitative estimate of drug-likeness (QED) is 0.350. The van der Waals surface area contributed by atoms with Crippen LogP contribution in [0.4, 0.5) is 13.2 Å². The number of hydrogen-bond acceptors (Lipinski definition) is 5. The summed E-state index contributed by atoms with van der Waals surface area (Å²) in [7, 11) is 3.39. The highest BCUT2D eigenvalue weighted by Gasteiger charge is 2.34. The molecular weight excluding hydrogens is 523 g/mol. The number of aromatic nitrogens is 7. The molecule has 33 heavy (non-hydrogen) atoms. The van der Waals surface area contributed by atoms with Crippen molar-refractivity contribution in [1.29, 1.82) is 0 Å². The minimum Gasteiger partial charge on any atom is -0.610 e. The maximum Gasteiger partial charge on any atom is 0.417 e. The van der Waals surface area contributed by atoms with E-state index in [1.807, 2.05) is 6.20 Å². The summed E-state index contributed by atoms with van der Waals surface area (Å²) in [4.78, 5) is 13.1. The number of alkyl halides is 3. The highest BCUT2D eigenvalue weighted by molar-refractivity contribution is 9.10. The Balaban J connectivity index is 1.69. The molecule has 0 aliphatic heterocycles. The van der Waals surface area contributed by atoms with Crippen molar-refractivity contribution >= 4 is 38.3 Å². The van der Waals surface area contributed by atoms with Gasteiger partial charge in [0, 0.05) is 43.6 Å². The summed E-state index contributed by atoms with van der Waals surface area (Å²) in [5, 5.41) is 5.08. The average molecular weight is 542 g/mol. The lowest BCUT2D eigenvalue weighted by atomic mass is 10.2. The Morgan fingerprint density at radius 2 is 1.94 bits per heavy atom. The van der Waals surface area contributed by atoms with E-state index in [1.165, 1.54) is 0 Å². The van der Waals surface area contributed by atoms with Gasteiger partial charge >= 0.3 is 6.18 Å². The van der Waals surface area contributed by atoms with E-state index in [9.17, 15) is 17.7 Å². The largest absolute Gasteiger partial charge is 0.610 e. The number of rotatable bonds is 5. The molecule has 0 radical (unpaired) electrons. The molecule has 5 rings (SSSR count). The summed E-state index contributed by atoms with van der Waals surface area (Å²) in [6.45, 7) is 1.79. The van der Waals surface area contributed by atoms with Gasteiger partial charge in [-0.2, -0.15) is 18.3 Å². The summed E-state index contributed by atoms with van der Waals surface area (Å²) in [5.41, 5.74) is 0.746. The van der Waals surface area contributed by atoms with Crippen molar-refractivity contribution in [3.8, 4) is 17.5 Å². The van der Waals surface area contributed by atoms with Crippen molar-refractivity contribution in [2.75, 3.05) is 5.75 Å². The van der Waals surface area contributed by atoms with E-state index in [0.29, 0.717) is 28.3 Å². The van der Waals surface area contributed by atoms with Gasteiger partial charge < -0.3 is 9.12 Å². The van der Waals surface area contributed by atoms with Crippen molar-refractivity contribution in [2.24, 2.45) is 14.1 Å². The molecule has 4 aromatic heterocycles. The van der Waals surface area contributed by atoms with Crippen LogP contribution >= 0.6 is 15.9 Å². The summed E-state index contributed by atoms with van der Waals surface area (Å²) in [5.74, 6) is 1.47. The predicted octanol–water partition coefficient (Wildman–Crippen LogP) is 4.34. The zero-order chi connectivity index (χ0) is 23.7. The van der Waals surface area contributed by atoms with E-state index < -0.39 is 22.9 Å². The second kappa shape index (κ2) is 7.84. The number of hydrogen-bond donors (Lipinski definition) is 0. The van der Waals surface area contributed by atoms with E-state index >= 15 is 0 Å². The molecule has 1 aliphatic rings. The normalized spacial score (nSPS) is 15.5. The van der Waals surface area contributed by atoms with Crippen LogP contribution in [0.3, 0.4) is 0 Å². The maximum atomic E-state index is 13.2. The van der Waals surface area contributed by atoms with E-state index in [4.69, 9.17) is 4.98 Å². The summed E-state index contributed by atoms with van der Waals surface area (Å²) >= 11 is 2.14. The average Bonchev–Trinajstić information content (AvgIpc) is 3.34. The highest BCUT2D eigenvalue weighted by Crippen LogP contribution is 2.42. The number of halogens is 4. The van der Waals surface area contributed by atoms with Gasteiger partial charge in [0.2, 0.25) is 5.95 Å². The molecule has 1 saturated carbocycles. The van der Waals surface area contributed by atoms with Crippen molar-refractivity contribution in [3.05, 3.63) is 34.2 Å². The Morgan fingerprint density at radius 3 is 2.58 bits per heavy atom. The third-order valence-electron chi connectivity index (χ3n) is 5.61. The van der Waals surface area contributed by atoms with Crippen LogP contribution < -0.4 is 0 Å². The third-order valence-corrected chi connectivity index (χ3v) is 7.64. The molecule has 1 fully saturated rings. The van der Waals surface area contributed by atoms with Crippen LogP contribution in [0.15, 0.2) is 28.0 Å². The molecule has 174 valence electrons. The van der Waals surface area contributed by atoms with Crippen molar-refractivity contribution in [1.82, 2.24) is 33.9 Å². The molecule has 4 aromatic rings. The second-order valence-corrected chi connectivity index (χ2v) is 10.4. The second-order valence-electron chi connectivity index (χ2n) is 7.90. The number of fused-ring (bicyclic) bond motifs is 1. The fraction of sp³-hybridized carbons (Fsp3) is 0.400. The summed E-state index contributed by atoms with van der Waals surface area (Å²) in [6.07, 6.45) is 0.227. The minimum atomic E-state index is -4.53. The lowest BCUT2D eigenvalue weighted by Gasteiger charge is -2.10. The molecular formula is C20H19BrF3N7OS. The van der Waals surface area contributed by atoms with E-state index in [-0.39, 0.29) is 17.0 Å². The van der Waals surface area contributed by atoms with Crippen molar-refractivity contribution < 1.29 is 17.7 Å². The summed E-state index contributed by atoms with van der Waals surface area (Å²) in [6, 6.07) is 0.957. The van der Waals surface area contributed by atoms with E-state index in [2.05, 4.69) is 31.0 Å². The Morgan fingerprint density at radius 1 is 1.21 bits per heavy atom. The predicted molar refractivity (Wildman–Crippen MR) is 119 cm³/mol. The van der Waals surface area contributed by atoms with Crippen LogP contribution in [0, 0.1) is 0 Å². The van der Waals surface area contributed by atoms with Crippen LogP contribution in [0.1, 0.15) is 36.9 Å². The first-order chi connectivity index (χ1) is 15.6. The van der Waals surface area contributed by atoms with Crippen LogP contribution in [0.25, 0.3) is 28.6 Å². The van der Waals surface area contributed by atoms with Gasteiger partial charge in [-0.1, -0.05) is 0 Å². The Labute approximate surface area is 198 Å². The number of aryl methyl sites for hydroxylation is 1. The number of nitrogens with zero attached hydrogens (tertiary/aromatic N) is 7. The fourth-order valence-corrected chi connectivity index (χ4v) is 5.38. The Kier molecular flexibility index (Phi) is 5.33. The first-order valence-corrected chi connectivity index (χ1v) is 12.3. The molecule has 0 spiro atoms. The first-order valence-electron chi connectivity index (χ1n) is 10.2. The van der Waals surface area contributed by atoms with Crippen molar-refractivity contribution in [3.63, 3.8) is 0 Å². The smallest absolute Gasteiger partial charge is 0.417 e. The van der Waals surface area contributed by atoms with Gasteiger partial charge in [-0.15, -0.1) is 0 Å². The van der Waals surface area contributed by atoms with Gasteiger partial charge in [0.05, 0.1) is 15.7 Å². The lowest BCUT2D eigenvalue weighted by molar-refractivity contribution is -0.137. The molecule has 1 atom stereocenters. The van der Waals surface area contributed by atoms with Crippen LogP contribution in [0.2, 0.25) is 0 Å². The van der Waals surface area contributed by atoms with Crippen LogP contribution in [-0.2, 0) is 31.4 Å². The van der Waals surface area contributed by atoms with E-state index in [0.717, 1.165) is 35.3 Å². The van der Waals surface area contributed by atoms with Crippen LogP contribution in [0.5, 0.6) is 0 Å². The molecule has 1 aliphatic carbocycles. The van der Waals surface area contributed by atoms with Gasteiger partial charge in [0.15, 0.2) is 17.2 Å².